The van der Waals surface area contributed by atoms with Crippen LogP contribution in [0, 0.1) is 0 Å². The first kappa shape index (κ1) is 16.5. The summed E-state index contributed by atoms with van der Waals surface area (Å²) in [5.41, 5.74) is 7.32. The first-order valence-electron chi connectivity index (χ1n) is 6.63. The van der Waals surface area contributed by atoms with Crippen molar-refractivity contribution in [1.82, 2.24) is 4.90 Å². The lowest BCUT2D eigenvalue weighted by Crippen LogP contribution is -2.45. The molecule has 0 bridgehead atoms. The minimum atomic E-state index is 0.121. The molecule has 0 amide bonds. The van der Waals surface area contributed by atoms with Crippen molar-refractivity contribution in [2.24, 2.45) is 5.73 Å². The lowest BCUT2D eigenvalue weighted by molar-refractivity contribution is 0.100. The molecule has 0 aliphatic heterocycles. The van der Waals surface area contributed by atoms with Gasteiger partial charge in [0.15, 0.2) is 0 Å². The molecular formula is C15H25BrN2O. The lowest BCUT2D eigenvalue weighted by atomic mass is 9.95. The number of halogens is 1. The zero-order valence-corrected chi connectivity index (χ0v) is 14.1. The third-order valence-electron chi connectivity index (χ3n) is 4.07. The van der Waals surface area contributed by atoms with Gasteiger partial charge in [0.05, 0.1) is 11.6 Å². The van der Waals surface area contributed by atoms with Gasteiger partial charge >= 0.3 is 0 Å². The smallest absolute Gasteiger partial charge is 0.133 e. The molecule has 0 spiro atoms. The van der Waals surface area contributed by atoms with Crippen molar-refractivity contribution in [3.63, 3.8) is 0 Å². The molecule has 0 aliphatic rings. The summed E-state index contributed by atoms with van der Waals surface area (Å²) in [5, 5.41) is 0. The summed E-state index contributed by atoms with van der Waals surface area (Å²) in [6.45, 7) is 7.29. The summed E-state index contributed by atoms with van der Waals surface area (Å²) in [6, 6.07) is 6.37. The number of nitrogens with zero attached hydrogens (tertiary/aromatic N) is 1. The van der Waals surface area contributed by atoms with E-state index in [9.17, 15) is 0 Å². The summed E-state index contributed by atoms with van der Waals surface area (Å²) in [4.78, 5) is 2.35. The van der Waals surface area contributed by atoms with Gasteiger partial charge in [-0.05, 0) is 60.9 Å². The summed E-state index contributed by atoms with van der Waals surface area (Å²) in [7, 11) is 3.81. The van der Waals surface area contributed by atoms with E-state index in [4.69, 9.17) is 10.5 Å². The third-order valence-corrected chi connectivity index (χ3v) is 4.69. The van der Waals surface area contributed by atoms with Gasteiger partial charge in [-0.25, -0.2) is 0 Å². The molecule has 0 fully saturated rings. The fraction of sp³-hybridized carbons (Fsp3) is 0.600. The molecule has 1 aromatic carbocycles. The second-order valence-corrected chi connectivity index (χ2v) is 6.28. The molecule has 0 heterocycles. The highest BCUT2D eigenvalue weighted by Gasteiger charge is 2.28. The van der Waals surface area contributed by atoms with Gasteiger partial charge in [-0.3, -0.25) is 4.90 Å². The van der Waals surface area contributed by atoms with Crippen LogP contribution in [0.1, 0.15) is 38.8 Å². The second-order valence-electron chi connectivity index (χ2n) is 5.42. The number of nitrogens with two attached hydrogens (primary N) is 1. The molecule has 0 aliphatic carbocycles. The third kappa shape index (κ3) is 3.71. The zero-order chi connectivity index (χ0) is 14.6. The van der Waals surface area contributed by atoms with Crippen molar-refractivity contribution in [2.45, 2.75) is 38.8 Å². The van der Waals surface area contributed by atoms with Crippen LogP contribution >= 0.6 is 15.9 Å². The number of hydrogen-bond donors (Lipinski definition) is 1. The molecule has 3 nitrogen and oxygen atoms in total. The number of benzene rings is 1. The van der Waals surface area contributed by atoms with Gasteiger partial charge in [0.25, 0.3) is 0 Å². The zero-order valence-electron chi connectivity index (χ0n) is 12.5. The van der Waals surface area contributed by atoms with Crippen LogP contribution in [0.3, 0.4) is 0 Å². The predicted molar refractivity (Wildman–Crippen MR) is 84.6 cm³/mol. The van der Waals surface area contributed by atoms with E-state index in [1.807, 2.05) is 6.07 Å². The number of likely N-dealkylation sites (N-methyl/N-ethyl adjacent to an activating group) is 1. The van der Waals surface area contributed by atoms with E-state index in [1.165, 1.54) is 5.56 Å². The van der Waals surface area contributed by atoms with Crippen LogP contribution in [0.4, 0.5) is 0 Å². The van der Waals surface area contributed by atoms with E-state index in [1.54, 1.807) is 7.11 Å². The first-order chi connectivity index (χ1) is 8.87. The van der Waals surface area contributed by atoms with Gasteiger partial charge in [-0.1, -0.05) is 13.0 Å². The fourth-order valence-corrected chi connectivity index (χ4v) is 2.64. The van der Waals surface area contributed by atoms with Crippen LogP contribution in [-0.4, -0.2) is 31.1 Å². The molecular weight excluding hydrogens is 304 g/mol. The van der Waals surface area contributed by atoms with E-state index in [2.05, 4.69) is 60.8 Å². The average molecular weight is 329 g/mol. The van der Waals surface area contributed by atoms with E-state index in [0.717, 1.165) is 16.6 Å². The Hall–Kier alpha value is -0.580. The Morgan fingerprint density at radius 3 is 2.47 bits per heavy atom. The largest absolute Gasteiger partial charge is 0.496 e. The minimum Gasteiger partial charge on any atom is -0.496 e. The van der Waals surface area contributed by atoms with E-state index < -0.39 is 0 Å². The summed E-state index contributed by atoms with van der Waals surface area (Å²) >= 11 is 3.54. The van der Waals surface area contributed by atoms with Crippen molar-refractivity contribution in [1.29, 1.82) is 0 Å². The number of ether oxygens (including phenoxy) is 1. The van der Waals surface area contributed by atoms with Crippen molar-refractivity contribution in [3.05, 3.63) is 28.2 Å². The van der Waals surface area contributed by atoms with E-state index in [-0.39, 0.29) is 11.6 Å². The summed E-state index contributed by atoms with van der Waals surface area (Å²) in [6.07, 6.45) is 1.08. The quantitative estimate of drug-likeness (QED) is 0.867. The van der Waals surface area contributed by atoms with Crippen molar-refractivity contribution in [3.8, 4) is 5.75 Å². The first-order valence-corrected chi connectivity index (χ1v) is 7.43. The van der Waals surface area contributed by atoms with E-state index >= 15 is 0 Å². The molecule has 1 aromatic rings. The van der Waals surface area contributed by atoms with Crippen LogP contribution in [0.15, 0.2) is 22.7 Å². The van der Waals surface area contributed by atoms with Gasteiger partial charge in [0.2, 0.25) is 0 Å². The molecule has 108 valence electrons. The standard InChI is InChI=1S/C15H25BrN2O/c1-6-15(2,3)18(4)13(10-17)11-7-8-14(19-5)12(16)9-11/h7-9,13H,6,10,17H2,1-5H3. The number of hydrogen-bond acceptors (Lipinski definition) is 3. The van der Waals surface area contributed by atoms with Crippen molar-refractivity contribution in [2.75, 3.05) is 20.7 Å². The maximum absolute atomic E-state index is 5.99. The van der Waals surface area contributed by atoms with Gasteiger partial charge in [-0.2, -0.15) is 0 Å². The molecule has 1 unspecified atom stereocenters. The highest BCUT2D eigenvalue weighted by molar-refractivity contribution is 9.10. The Bertz CT molecular complexity index is 421. The monoisotopic (exact) mass is 328 g/mol. The van der Waals surface area contributed by atoms with E-state index in [0.29, 0.717) is 6.54 Å². The fourth-order valence-electron chi connectivity index (χ4n) is 2.08. The molecule has 0 radical (unpaired) electrons. The highest BCUT2D eigenvalue weighted by atomic mass is 79.9. The molecule has 19 heavy (non-hydrogen) atoms. The van der Waals surface area contributed by atoms with Gasteiger partial charge in [-0.15, -0.1) is 0 Å². The average Bonchev–Trinajstić information content (AvgIpc) is 2.39. The SMILES string of the molecule is CCC(C)(C)N(C)C(CN)c1ccc(OC)c(Br)c1. The van der Waals surface area contributed by atoms with Gasteiger partial charge in [0.1, 0.15) is 5.75 Å². The summed E-state index contributed by atoms with van der Waals surface area (Å²) in [5.74, 6) is 0.844. The number of rotatable bonds is 6. The Labute approximate surface area is 125 Å². The molecule has 1 atom stereocenters. The molecule has 4 heteroatoms. The lowest BCUT2D eigenvalue weighted by Gasteiger charge is -2.40. The molecule has 0 aromatic heterocycles. The van der Waals surface area contributed by atoms with Crippen molar-refractivity contribution < 1.29 is 4.74 Å². The van der Waals surface area contributed by atoms with Crippen LogP contribution in [0.2, 0.25) is 0 Å². The van der Waals surface area contributed by atoms with Crippen LogP contribution in [0.25, 0.3) is 0 Å². The number of methoxy groups -OCH3 is 1. The normalized spacial score (nSPS) is 13.7. The maximum Gasteiger partial charge on any atom is 0.133 e. The highest BCUT2D eigenvalue weighted by Crippen LogP contribution is 2.32. The van der Waals surface area contributed by atoms with Gasteiger partial charge < -0.3 is 10.5 Å². The topological polar surface area (TPSA) is 38.5 Å². The van der Waals surface area contributed by atoms with Crippen LogP contribution in [0.5, 0.6) is 5.75 Å². The molecule has 1 rings (SSSR count). The van der Waals surface area contributed by atoms with Gasteiger partial charge in [0, 0.05) is 18.1 Å². The Kier molecular flexibility index (Phi) is 5.83. The Morgan fingerprint density at radius 1 is 1.42 bits per heavy atom. The molecule has 0 saturated heterocycles. The van der Waals surface area contributed by atoms with Crippen molar-refractivity contribution >= 4 is 15.9 Å². The minimum absolute atomic E-state index is 0.121. The maximum atomic E-state index is 5.99. The predicted octanol–water partition coefficient (Wildman–Crippen LogP) is 3.58. The second kappa shape index (κ2) is 6.73. The van der Waals surface area contributed by atoms with Crippen LogP contribution < -0.4 is 10.5 Å². The Balaban J connectivity index is 3.07. The summed E-state index contributed by atoms with van der Waals surface area (Å²) < 4.78 is 6.24. The van der Waals surface area contributed by atoms with Crippen LogP contribution in [-0.2, 0) is 0 Å². The molecule has 0 saturated carbocycles. The molecule has 2 N–H and O–H groups in total. The Morgan fingerprint density at radius 2 is 2.05 bits per heavy atom.